The maximum atomic E-state index is 14.3. The van der Waals surface area contributed by atoms with E-state index in [1.807, 2.05) is 6.07 Å². The Bertz CT molecular complexity index is 1740. The number of nitrogens with zero attached hydrogens (tertiary/aromatic N) is 2. The van der Waals surface area contributed by atoms with Crippen molar-refractivity contribution < 1.29 is 39.6 Å². The van der Waals surface area contributed by atoms with Crippen molar-refractivity contribution in [1.29, 1.82) is 0 Å². The van der Waals surface area contributed by atoms with Crippen LogP contribution in [0.2, 0.25) is 0 Å². The zero-order chi connectivity index (χ0) is 34.5. The third-order valence-electron chi connectivity index (χ3n) is 11.0. The number of Topliss-reactive ketones (excluding diaryl/α,β-unsaturated/α-hetero) is 3. The van der Waals surface area contributed by atoms with Gasteiger partial charge in [0.2, 0.25) is 5.78 Å². The van der Waals surface area contributed by atoms with Crippen LogP contribution in [0.4, 0.5) is 0 Å². The molecule has 0 aliphatic heterocycles. The molecule has 4 aliphatic rings. The summed E-state index contributed by atoms with van der Waals surface area (Å²) in [6.45, 7) is 0. The molecular weight excluding hydrogens is 614 g/mol. The molecule has 2 fully saturated rings. The number of aliphatic hydroxyl groups excluding tert-OH is 2. The predicted octanol–water partition coefficient (Wildman–Crippen LogP) is 3.69. The number of hydrogen-bond donors (Lipinski definition) is 5. The Balaban J connectivity index is 1.45. The third kappa shape index (κ3) is 5.52. The van der Waals surface area contributed by atoms with Crippen molar-refractivity contribution in [2.75, 3.05) is 14.1 Å². The highest BCUT2D eigenvalue weighted by Gasteiger charge is 2.64. The minimum atomic E-state index is -2.70. The van der Waals surface area contributed by atoms with Crippen LogP contribution in [0.3, 0.4) is 0 Å². The first-order valence-electron chi connectivity index (χ1n) is 16.8. The topological polar surface area (TPSA) is 191 Å². The van der Waals surface area contributed by atoms with Crippen molar-refractivity contribution >= 4 is 29.0 Å². The number of primary amides is 1. The highest BCUT2D eigenvalue weighted by molar-refractivity contribution is 6.24. The number of phenolic OH excluding ortho intramolecular Hbond substituents is 1. The number of ketones is 3. The van der Waals surface area contributed by atoms with E-state index in [2.05, 4.69) is 4.98 Å². The first kappa shape index (κ1) is 33.5. The number of aliphatic hydroxyl groups is 3. The number of hydrogen-bond acceptors (Lipinski definition) is 10. The average molecular weight is 658 g/mol. The monoisotopic (exact) mass is 657 g/mol. The van der Waals surface area contributed by atoms with Gasteiger partial charge in [0.15, 0.2) is 17.2 Å². The summed E-state index contributed by atoms with van der Waals surface area (Å²) < 4.78 is 0. The Labute approximate surface area is 279 Å². The fourth-order valence-electron chi connectivity index (χ4n) is 8.62. The standard InChI is InChI=1S/C37H43N3O8/c1-40(2)30-25-17-23-16-24-20(11-10-19-7-4-3-5-8-19)15-21(12-13-26(41)22-9-6-14-39-18-22)31(42)28(24)32(43)27(23)34(45)37(25,48)35(46)29(33(30)44)36(38)47/h6,9,14-15,18-19,23,25,30,42-43,46,48H,3-5,7-8,10-13,16-17H2,1-2H3,(H2,38,47). The Hall–Kier alpha value is -4.35. The lowest BCUT2D eigenvalue weighted by atomic mass is 9.57. The van der Waals surface area contributed by atoms with Gasteiger partial charge in [-0.25, -0.2) is 0 Å². The number of likely N-dealkylation sites (N-methyl/N-ethyl adjacent to an activating group) is 1. The van der Waals surface area contributed by atoms with Gasteiger partial charge in [-0.3, -0.25) is 29.1 Å². The Morgan fingerprint density at radius 1 is 1.06 bits per heavy atom. The molecule has 0 spiro atoms. The predicted molar refractivity (Wildman–Crippen MR) is 176 cm³/mol. The van der Waals surface area contributed by atoms with Crippen LogP contribution in [-0.2, 0) is 33.6 Å². The summed E-state index contributed by atoms with van der Waals surface area (Å²) in [7, 11) is 3.16. The van der Waals surface area contributed by atoms with Crippen LogP contribution in [0.25, 0.3) is 5.76 Å². The van der Waals surface area contributed by atoms with Crippen molar-refractivity contribution in [3.8, 4) is 5.75 Å². The Kier molecular flexibility index (Phi) is 9.04. The first-order chi connectivity index (χ1) is 22.9. The van der Waals surface area contributed by atoms with E-state index in [1.54, 1.807) is 32.4 Å². The SMILES string of the molecule is CN(C)C1C(=O)C(C(N)=O)=C(O)C2(O)C(=O)C3=C(O)c4c(O)c(CCC(=O)c5cccnc5)cc(CCC5CCCCC5)c4CC3CC12. The number of benzene rings is 1. The lowest BCUT2D eigenvalue weighted by Crippen LogP contribution is -2.65. The average Bonchev–Trinajstić information content (AvgIpc) is 3.06. The van der Waals surface area contributed by atoms with Gasteiger partial charge in [0, 0.05) is 35.9 Å². The number of pyridine rings is 1. The molecule has 1 aromatic heterocycles. The fraction of sp³-hybridized carbons (Fsp3) is 0.486. The van der Waals surface area contributed by atoms with E-state index in [4.69, 9.17) is 5.73 Å². The number of fused-ring (bicyclic) bond motifs is 3. The molecule has 4 unspecified atom stereocenters. The van der Waals surface area contributed by atoms with Gasteiger partial charge in [-0.05, 0) is 86.9 Å². The summed E-state index contributed by atoms with van der Waals surface area (Å²) in [6, 6.07) is 4.12. The van der Waals surface area contributed by atoms with Gasteiger partial charge in [0.25, 0.3) is 5.91 Å². The van der Waals surface area contributed by atoms with Gasteiger partial charge >= 0.3 is 0 Å². The van der Waals surface area contributed by atoms with Crippen LogP contribution in [0.5, 0.6) is 5.75 Å². The molecule has 1 heterocycles. The normalized spacial score (nSPS) is 26.0. The lowest BCUT2D eigenvalue weighted by molar-refractivity contribution is -0.153. The molecule has 1 aromatic carbocycles. The van der Waals surface area contributed by atoms with E-state index < -0.39 is 58.0 Å². The maximum Gasteiger partial charge on any atom is 0.255 e. The molecule has 0 bridgehead atoms. The lowest BCUT2D eigenvalue weighted by Gasteiger charge is -2.50. The van der Waals surface area contributed by atoms with E-state index in [0.29, 0.717) is 29.0 Å². The third-order valence-corrected chi connectivity index (χ3v) is 11.0. The van der Waals surface area contributed by atoms with E-state index in [1.165, 1.54) is 30.4 Å². The molecule has 11 nitrogen and oxygen atoms in total. The molecule has 0 saturated heterocycles. The molecule has 2 saturated carbocycles. The van der Waals surface area contributed by atoms with Gasteiger partial charge in [-0.1, -0.05) is 38.2 Å². The second kappa shape index (κ2) is 12.9. The number of amides is 1. The molecule has 6 rings (SSSR count). The minimum absolute atomic E-state index is 0.0377. The minimum Gasteiger partial charge on any atom is -0.508 e. The summed E-state index contributed by atoms with van der Waals surface area (Å²) in [4.78, 5) is 58.5. The van der Waals surface area contributed by atoms with Crippen molar-refractivity contribution in [3.63, 3.8) is 0 Å². The number of rotatable bonds is 9. The van der Waals surface area contributed by atoms with Crippen LogP contribution in [0.15, 0.2) is 47.5 Å². The van der Waals surface area contributed by atoms with Crippen LogP contribution in [-0.4, -0.2) is 79.3 Å². The van der Waals surface area contributed by atoms with Crippen LogP contribution < -0.4 is 5.73 Å². The summed E-state index contributed by atoms with van der Waals surface area (Å²) in [5, 5.41) is 46.6. The molecule has 2 aromatic rings. The van der Waals surface area contributed by atoms with Crippen molar-refractivity contribution in [3.05, 3.63) is 75.3 Å². The second-order valence-corrected chi connectivity index (χ2v) is 14.1. The molecule has 0 radical (unpaired) electrons. The largest absolute Gasteiger partial charge is 0.508 e. The number of aryl methyl sites for hydroxylation is 2. The van der Waals surface area contributed by atoms with E-state index in [-0.39, 0.29) is 48.4 Å². The van der Waals surface area contributed by atoms with Crippen LogP contribution in [0, 0.1) is 17.8 Å². The number of phenols is 1. The summed E-state index contributed by atoms with van der Waals surface area (Å²) in [6.07, 6.45) is 11.1. The molecule has 48 heavy (non-hydrogen) atoms. The second-order valence-electron chi connectivity index (χ2n) is 14.1. The van der Waals surface area contributed by atoms with Gasteiger partial charge in [-0.2, -0.15) is 0 Å². The first-order valence-corrected chi connectivity index (χ1v) is 16.8. The van der Waals surface area contributed by atoms with Gasteiger partial charge in [0.1, 0.15) is 22.8 Å². The molecule has 6 N–H and O–H groups in total. The van der Waals surface area contributed by atoms with Crippen molar-refractivity contribution in [2.45, 2.75) is 82.3 Å². The van der Waals surface area contributed by atoms with Crippen LogP contribution in [0.1, 0.15) is 84.0 Å². The summed E-state index contributed by atoms with van der Waals surface area (Å²) in [5.74, 6) is -6.34. The van der Waals surface area contributed by atoms with Gasteiger partial charge in [0.05, 0.1) is 11.6 Å². The quantitative estimate of drug-likeness (QED) is 0.196. The number of aromatic hydroxyl groups is 1. The number of nitrogens with two attached hydrogens (primary N) is 1. The molecule has 11 heteroatoms. The maximum absolute atomic E-state index is 14.3. The highest BCUT2D eigenvalue weighted by Crippen LogP contribution is 2.53. The fourth-order valence-corrected chi connectivity index (χ4v) is 8.62. The van der Waals surface area contributed by atoms with Crippen molar-refractivity contribution in [2.24, 2.45) is 23.5 Å². The highest BCUT2D eigenvalue weighted by atomic mass is 16.3. The van der Waals surface area contributed by atoms with E-state index in [0.717, 1.165) is 24.8 Å². The number of aromatic nitrogens is 1. The van der Waals surface area contributed by atoms with E-state index >= 15 is 0 Å². The molecule has 4 aliphatic carbocycles. The number of carbonyl (C=O) groups excluding carboxylic acids is 4. The zero-order valence-corrected chi connectivity index (χ0v) is 27.4. The van der Waals surface area contributed by atoms with Crippen LogP contribution >= 0.6 is 0 Å². The Morgan fingerprint density at radius 2 is 1.79 bits per heavy atom. The molecule has 254 valence electrons. The smallest absolute Gasteiger partial charge is 0.255 e. The molecule has 1 amide bonds. The van der Waals surface area contributed by atoms with Gasteiger partial charge < -0.3 is 26.2 Å². The van der Waals surface area contributed by atoms with E-state index in [9.17, 15) is 39.6 Å². The summed E-state index contributed by atoms with van der Waals surface area (Å²) >= 11 is 0. The Morgan fingerprint density at radius 3 is 2.44 bits per heavy atom. The zero-order valence-electron chi connectivity index (χ0n) is 27.4. The number of carbonyl (C=O) groups is 4. The molecular formula is C37H43N3O8. The molecule has 4 atom stereocenters. The van der Waals surface area contributed by atoms with Crippen molar-refractivity contribution in [1.82, 2.24) is 9.88 Å². The van der Waals surface area contributed by atoms with Gasteiger partial charge in [-0.15, -0.1) is 0 Å². The summed E-state index contributed by atoms with van der Waals surface area (Å²) in [5.41, 5.74) is 4.30.